The largest absolute Gasteiger partial charge is 0.496 e. The topological polar surface area (TPSA) is 44.3 Å². The minimum absolute atomic E-state index is 0.708. The van der Waals surface area contributed by atoms with Crippen molar-refractivity contribution in [1.82, 2.24) is 0 Å². The maximum atomic E-state index is 5.38. The van der Waals surface area contributed by atoms with Crippen LogP contribution in [0.3, 0.4) is 0 Å². The molecule has 1 aliphatic rings. The van der Waals surface area contributed by atoms with Crippen LogP contribution in [0.25, 0.3) is 0 Å². The van der Waals surface area contributed by atoms with Gasteiger partial charge >= 0.3 is 0 Å². The highest BCUT2D eigenvalue weighted by molar-refractivity contribution is 5.50. The lowest BCUT2D eigenvalue weighted by molar-refractivity contribution is -0.683. The Hall–Kier alpha value is -1.42. The van der Waals surface area contributed by atoms with Gasteiger partial charge in [0.2, 0.25) is 0 Å². The SMILES string of the molecule is COc1cc(OC)c(OC)cc1C[NH2+]C1CC1. The molecule has 4 nitrogen and oxygen atoms in total. The number of benzene rings is 1. The van der Waals surface area contributed by atoms with Crippen LogP contribution >= 0.6 is 0 Å². The van der Waals surface area contributed by atoms with Gasteiger partial charge < -0.3 is 19.5 Å². The highest BCUT2D eigenvalue weighted by Crippen LogP contribution is 2.34. The molecule has 1 fully saturated rings. The summed E-state index contributed by atoms with van der Waals surface area (Å²) in [7, 11) is 4.97. The average molecular weight is 238 g/mol. The van der Waals surface area contributed by atoms with Gasteiger partial charge in [-0.15, -0.1) is 0 Å². The minimum atomic E-state index is 0.708. The molecule has 0 radical (unpaired) electrons. The Balaban J connectivity index is 2.20. The van der Waals surface area contributed by atoms with Crippen molar-refractivity contribution in [2.24, 2.45) is 0 Å². The van der Waals surface area contributed by atoms with Gasteiger partial charge in [0.05, 0.1) is 32.9 Å². The minimum Gasteiger partial charge on any atom is -0.496 e. The molecule has 0 amide bonds. The van der Waals surface area contributed by atoms with E-state index in [9.17, 15) is 0 Å². The van der Waals surface area contributed by atoms with E-state index in [0.717, 1.165) is 29.6 Å². The molecule has 0 atom stereocenters. The van der Waals surface area contributed by atoms with Crippen LogP contribution in [0.2, 0.25) is 0 Å². The van der Waals surface area contributed by atoms with Crippen LogP contribution in [0.15, 0.2) is 12.1 Å². The van der Waals surface area contributed by atoms with E-state index in [1.807, 2.05) is 12.1 Å². The third-order valence-corrected chi connectivity index (χ3v) is 3.08. The zero-order valence-corrected chi connectivity index (χ0v) is 10.7. The summed E-state index contributed by atoms with van der Waals surface area (Å²) in [6.45, 7) is 0.925. The van der Waals surface area contributed by atoms with Crippen LogP contribution in [0.1, 0.15) is 18.4 Å². The predicted molar refractivity (Wildman–Crippen MR) is 64.7 cm³/mol. The number of nitrogens with two attached hydrogens (primary N) is 1. The molecule has 0 aliphatic heterocycles. The summed E-state index contributed by atoms with van der Waals surface area (Å²) in [6, 6.07) is 4.68. The second-order valence-corrected chi connectivity index (χ2v) is 4.30. The number of methoxy groups -OCH3 is 3. The molecular formula is C13H20NO3+. The summed E-state index contributed by atoms with van der Waals surface area (Å²) < 4.78 is 15.9. The van der Waals surface area contributed by atoms with Crippen LogP contribution in [0.4, 0.5) is 0 Å². The molecule has 0 heterocycles. The van der Waals surface area contributed by atoms with Gasteiger partial charge in [0.25, 0.3) is 0 Å². The summed E-state index contributed by atoms with van der Waals surface area (Å²) in [5.41, 5.74) is 1.15. The molecule has 0 unspecified atom stereocenters. The molecule has 2 rings (SSSR count). The Morgan fingerprint density at radius 1 is 1.00 bits per heavy atom. The van der Waals surface area contributed by atoms with Gasteiger partial charge in [-0.3, -0.25) is 0 Å². The lowest BCUT2D eigenvalue weighted by Crippen LogP contribution is -2.84. The van der Waals surface area contributed by atoms with Crippen LogP contribution in [-0.4, -0.2) is 27.4 Å². The molecule has 1 aromatic carbocycles. The molecule has 2 N–H and O–H groups in total. The molecule has 0 spiro atoms. The second kappa shape index (κ2) is 5.27. The van der Waals surface area contributed by atoms with Crippen molar-refractivity contribution >= 4 is 0 Å². The molecule has 0 aromatic heterocycles. The summed E-state index contributed by atoms with van der Waals surface area (Å²) >= 11 is 0. The van der Waals surface area contributed by atoms with E-state index in [1.165, 1.54) is 12.8 Å². The van der Waals surface area contributed by atoms with Crippen molar-refractivity contribution in [2.45, 2.75) is 25.4 Å². The molecular weight excluding hydrogens is 218 g/mol. The maximum Gasteiger partial charge on any atom is 0.164 e. The smallest absolute Gasteiger partial charge is 0.164 e. The van der Waals surface area contributed by atoms with E-state index >= 15 is 0 Å². The Labute approximate surface area is 102 Å². The molecule has 1 saturated carbocycles. The van der Waals surface area contributed by atoms with Gasteiger partial charge in [0, 0.05) is 18.9 Å². The van der Waals surface area contributed by atoms with Crippen molar-refractivity contribution in [3.63, 3.8) is 0 Å². The standard InChI is InChI=1S/C13H19NO3/c1-15-11-7-13(17-3)12(16-2)6-9(11)8-14-10-4-5-10/h6-7,10,14H,4-5,8H2,1-3H3/p+1. The summed E-state index contributed by atoms with van der Waals surface area (Å²) in [6.07, 6.45) is 2.66. The van der Waals surface area contributed by atoms with E-state index in [-0.39, 0.29) is 0 Å². The number of hydrogen-bond acceptors (Lipinski definition) is 3. The Morgan fingerprint density at radius 2 is 1.59 bits per heavy atom. The molecule has 1 aliphatic carbocycles. The normalized spacial score (nSPS) is 14.5. The zero-order valence-electron chi connectivity index (χ0n) is 10.7. The van der Waals surface area contributed by atoms with E-state index in [2.05, 4.69) is 5.32 Å². The van der Waals surface area contributed by atoms with Gasteiger partial charge in [-0.1, -0.05) is 0 Å². The van der Waals surface area contributed by atoms with Crippen LogP contribution in [0.5, 0.6) is 17.2 Å². The fraction of sp³-hybridized carbons (Fsp3) is 0.538. The molecule has 4 heteroatoms. The Kier molecular flexibility index (Phi) is 3.74. The predicted octanol–water partition coefficient (Wildman–Crippen LogP) is 0.938. The van der Waals surface area contributed by atoms with Gasteiger partial charge in [-0.2, -0.15) is 0 Å². The molecule has 0 bridgehead atoms. The third-order valence-electron chi connectivity index (χ3n) is 3.08. The molecule has 0 saturated heterocycles. The summed E-state index contributed by atoms with van der Waals surface area (Å²) in [5.74, 6) is 2.33. The number of ether oxygens (including phenoxy) is 3. The maximum absolute atomic E-state index is 5.38. The first-order valence-electron chi connectivity index (χ1n) is 5.90. The van der Waals surface area contributed by atoms with Crippen molar-refractivity contribution in [3.05, 3.63) is 17.7 Å². The van der Waals surface area contributed by atoms with Crippen LogP contribution in [-0.2, 0) is 6.54 Å². The number of hydrogen-bond donors (Lipinski definition) is 1. The monoisotopic (exact) mass is 238 g/mol. The molecule has 94 valence electrons. The van der Waals surface area contributed by atoms with Crippen molar-refractivity contribution in [3.8, 4) is 17.2 Å². The average Bonchev–Trinajstić information content (AvgIpc) is 3.19. The first-order valence-corrected chi connectivity index (χ1v) is 5.90. The van der Waals surface area contributed by atoms with Gasteiger partial charge in [0.15, 0.2) is 11.5 Å². The van der Waals surface area contributed by atoms with E-state index in [0.29, 0.717) is 5.75 Å². The van der Waals surface area contributed by atoms with E-state index in [4.69, 9.17) is 14.2 Å². The van der Waals surface area contributed by atoms with E-state index < -0.39 is 0 Å². The van der Waals surface area contributed by atoms with Crippen molar-refractivity contribution < 1.29 is 19.5 Å². The first-order chi connectivity index (χ1) is 8.28. The van der Waals surface area contributed by atoms with Gasteiger partial charge in [0.1, 0.15) is 12.3 Å². The van der Waals surface area contributed by atoms with Gasteiger partial charge in [-0.25, -0.2) is 0 Å². The lowest BCUT2D eigenvalue weighted by Gasteiger charge is -2.13. The van der Waals surface area contributed by atoms with E-state index in [1.54, 1.807) is 21.3 Å². The third kappa shape index (κ3) is 2.82. The highest BCUT2D eigenvalue weighted by Gasteiger charge is 2.25. The summed E-state index contributed by atoms with van der Waals surface area (Å²) in [5, 5.41) is 2.35. The van der Waals surface area contributed by atoms with Crippen LogP contribution < -0.4 is 19.5 Å². The van der Waals surface area contributed by atoms with Crippen molar-refractivity contribution in [1.29, 1.82) is 0 Å². The molecule has 1 aromatic rings. The fourth-order valence-electron chi connectivity index (χ4n) is 1.88. The lowest BCUT2D eigenvalue weighted by atomic mass is 10.1. The van der Waals surface area contributed by atoms with Crippen LogP contribution in [0, 0.1) is 0 Å². The molecule has 17 heavy (non-hydrogen) atoms. The number of quaternary nitrogens is 1. The summed E-state index contributed by atoms with van der Waals surface area (Å²) in [4.78, 5) is 0. The highest BCUT2D eigenvalue weighted by atomic mass is 16.5. The quantitative estimate of drug-likeness (QED) is 0.802. The Bertz CT molecular complexity index is 388. The first kappa shape index (κ1) is 12.0. The second-order valence-electron chi connectivity index (χ2n) is 4.30. The zero-order chi connectivity index (χ0) is 12.3. The van der Waals surface area contributed by atoms with Gasteiger partial charge in [-0.05, 0) is 6.07 Å². The fourth-order valence-corrected chi connectivity index (χ4v) is 1.88. The van der Waals surface area contributed by atoms with Crippen molar-refractivity contribution in [2.75, 3.05) is 21.3 Å². The Morgan fingerprint density at radius 3 is 2.12 bits per heavy atom. The number of rotatable bonds is 6.